The molecule has 0 unspecified atom stereocenters. The van der Waals surface area contributed by atoms with Crippen molar-refractivity contribution in [2.45, 2.75) is 6.92 Å². The Morgan fingerprint density at radius 1 is 1.37 bits per heavy atom. The molecule has 0 atom stereocenters. The molecule has 0 aromatic heterocycles. The number of aliphatic imine (C=N–C) groups is 1. The van der Waals surface area contributed by atoms with Crippen LogP contribution in [0.2, 0.25) is 5.02 Å². The smallest absolute Gasteiger partial charge is 0.335 e. The summed E-state index contributed by atoms with van der Waals surface area (Å²) in [6.45, 7) is 2.39. The minimum atomic E-state index is -1.04. The SMILES string of the molecule is C#CCOc1ccc(/C=C2\SC(=Nc3cccc(C(=O)O)c3)N(CC)C2=O)cc1Cl. The number of hydrogen-bond donors (Lipinski definition) is 1. The average Bonchev–Trinajstić information content (AvgIpc) is 3.01. The van der Waals surface area contributed by atoms with Crippen LogP contribution in [0, 0.1) is 12.3 Å². The highest BCUT2D eigenvalue weighted by Crippen LogP contribution is 2.35. The molecule has 8 heteroatoms. The van der Waals surface area contributed by atoms with E-state index in [1.54, 1.807) is 36.4 Å². The zero-order valence-corrected chi connectivity index (χ0v) is 17.5. The molecule has 3 rings (SSSR count). The summed E-state index contributed by atoms with van der Waals surface area (Å²) in [7, 11) is 0. The van der Waals surface area contributed by atoms with Crippen LogP contribution >= 0.6 is 23.4 Å². The number of carbonyl (C=O) groups is 2. The van der Waals surface area contributed by atoms with E-state index in [9.17, 15) is 9.59 Å². The van der Waals surface area contributed by atoms with Crippen LogP contribution in [0.5, 0.6) is 5.75 Å². The number of likely N-dealkylation sites (N-methyl/N-ethyl adjacent to an activating group) is 1. The number of halogens is 1. The number of hydrogen-bond acceptors (Lipinski definition) is 5. The van der Waals surface area contributed by atoms with Crippen molar-refractivity contribution in [1.29, 1.82) is 0 Å². The second kappa shape index (κ2) is 9.53. The van der Waals surface area contributed by atoms with Gasteiger partial charge in [-0.3, -0.25) is 9.69 Å². The van der Waals surface area contributed by atoms with Crippen LogP contribution < -0.4 is 4.74 Å². The summed E-state index contributed by atoms with van der Waals surface area (Å²) in [6.07, 6.45) is 6.91. The standard InChI is InChI=1S/C22H17ClN2O4S/c1-3-10-29-18-9-8-14(11-17(18)23)12-19-20(26)25(4-2)22(30-19)24-16-7-5-6-15(13-16)21(27)28/h1,5-9,11-13H,4,10H2,2H3,(H,27,28)/b19-12-,24-22?. The van der Waals surface area contributed by atoms with Crippen LogP contribution in [0.1, 0.15) is 22.8 Å². The number of thioether (sulfide) groups is 1. The number of nitrogens with zero attached hydrogens (tertiary/aromatic N) is 2. The van der Waals surface area contributed by atoms with Gasteiger partial charge in [0.25, 0.3) is 5.91 Å². The maximum Gasteiger partial charge on any atom is 0.335 e. The van der Waals surface area contributed by atoms with Crippen LogP contribution in [-0.2, 0) is 4.79 Å². The van der Waals surface area contributed by atoms with Crippen LogP contribution in [0.25, 0.3) is 6.08 Å². The Hall–Kier alpha value is -3.21. The van der Waals surface area contributed by atoms with E-state index in [0.29, 0.717) is 33.1 Å². The lowest BCUT2D eigenvalue weighted by molar-refractivity contribution is -0.122. The van der Waals surface area contributed by atoms with Crippen molar-refractivity contribution in [3.05, 3.63) is 63.5 Å². The van der Waals surface area contributed by atoms with Gasteiger partial charge in [-0.15, -0.1) is 6.42 Å². The van der Waals surface area contributed by atoms with Crippen molar-refractivity contribution < 1.29 is 19.4 Å². The van der Waals surface area contributed by atoms with Gasteiger partial charge in [0.05, 0.1) is 21.2 Å². The molecule has 1 amide bonds. The summed E-state index contributed by atoms with van der Waals surface area (Å²) in [6, 6.07) is 11.4. The molecular weight excluding hydrogens is 424 g/mol. The van der Waals surface area contributed by atoms with Gasteiger partial charge in [-0.1, -0.05) is 29.7 Å². The Bertz CT molecular complexity index is 1100. The molecule has 2 aromatic rings. The normalized spacial score (nSPS) is 16.2. The van der Waals surface area contributed by atoms with Crippen molar-refractivity contribution in [3.63, 3.8) is 0 Å². The summed E-state index contributed by atoms with van der Waals surface area (Å²) in [5, 5.41) is 10.0. The van der Waals surface area contributed by atoms with E-state index >= 15 is 0 Å². The fourth-order valence-corrected chi connectivity index (χ4v) is 3.99. The minimum absolute atomic E-state index is 0.114. The molecule has 6 nitrogen and oxygen atoms in total. The second-order valence-electron chi connectivity index (χ2n) is 6.09. The molecule has 1 saturated heterocycles. The highest BCUT2D eigenvalue weighted by molar-refractivity contribution is 8.18. The van der Waals surface area contributed by atoms with Gasteiger partial charge in [-0.2, -0.15) is 0 Å². The molecule has 1 heterocycles. The first-order chi connectivity index (χ1) is 14.4. The third-order valence-electron chi connectivity index (χ3n) is 4.09. The van der Waals surface area contributed by atoms with Gasteiger partial charge in [0.15, 0.2) is 5.17 Å². The summed E-state index contributed by atoms with van der Waals surface area (Å²) < 4.78 is 5.35. The molecule has 1 N–H and O–H groups in total. The minimum Gasteiger partial charge on any atom is -0.479 e. The third-order valence-corrected chi connectivity index (χ3v) is 5.39. The number of carbonyl (C=O) groups excluding carboxylic acids is 1. The molecule has 1 aliphatic heterocycles. The summed E-state index contributed by atoms with van der Waals surface area (Å²) in [5.41, 5.74) is 1.32. The largest absolute Gasteiger partial charge is 0.479 e. The van der Waals surface area contributed by atoms with Crippen LogP contribution in [0.4, 0.5) is 5.69 Å². The maximum absolute atomic E-state index is 12.8. The Morgan fingerprint density at radius 2 is 2.17 bits per heavy atom. The van der Waals surface area contributed by atoms with Crippen molar-refractivity contribution in [2.24, 2.45) is 4.99 Å². The van der Waals surface area contributed by atoms with Crippen molar-refractivity contribution in [2.75, 3.05) is 13.2 Å². The monoisotopic (exact) mass is 440 g/mol. The van der Waals surface area contributed by atoms with Crippen LogP contribution in [0.3, 0.4) is 0 Å². The number of amides is 1. The van der Waals surface area contributed by atoms with E-state index in [4.69, 9.17) is 27.9 Å². The molecule has 0 saturated carbocycles. The molecule has 1 aliphatic rings. The van der Waals surface area contributed by atoms with Crippen LogP contribution in [0.15, 0.2) is 52.4 Å². The Balaban J connectivity index is 1.89. The molecule has 0 bridgehead atoms. The number of rotatable bonds is 6. The molecule has 0 spiro atoms. The number of amidine groups is 1. The number of carboxylic acid groups (broad SMARTS) is 1. The first-order valence-electron chi connectivity index (χ1n) is 8.92. The number of aromatic carboxylic acids is 1. The number of benzene rings is 2. The van der Waals surface area contributed by atoms with Gasteiger partial charge in [0.1, 0.15) is 12.4 Å². The predicted molar refractivity (Wildman–Crippen MR) is 119 cm³/mol. The number of carboxylic acids is 1. The highest BCUT2D eigenvalue weighted by Gasteiger charge is 2.32. The molecule has 1 fully saturated rings. The molecule has 0 aliphatic carbocycles. The van der Waals surface area contributed by atoms with Crippen LogP contribution in [-0.4, -0.2) is 40.2 Å². The zero-order chi connectivity index (χ0) is 21.7. The Kier molecular flexibility index (Phi) is 6.83. The molecule has 30 heavy (non-hydrogen) atoms. The fourth-order valence-electron chi connectivity index (χ4n) is 2.68. The lowest BCUT2D eigenvalue weighted by atomic mass is 10.2. The first kappa shape index (κ1) is 21.5. The van der Waals surface area contributed by atoms with E-state index in [1.165, 1.54) is 28.8 Å². The lowest BCUT2D eigenvalue weighted by Crippen LogP contribution is -2.28. The van der Waals surface area contributed by atoms with Gasteiger partial charge in [-0.05, 0) is 60.7 Å². The molecular formula is C22H17ClN2O4S. The Morgan fingerprint density at radius 3 is 2.83 bits per heavy atom. The zero-order valence-electron chi connectivity index (χ0n) is 16.0. The summed E-state index contributed by atoms with van der Waals surface area (Å²) >= 11 is 7.44. The fraction of sp³-hybridized carbons (Fsp3) is 0.136. The van der Waals surface area contributed by atoms with Gasteiger partial charge in [0.2, 0.25) is 0 Å². The average molecular weight is 441 g/mol. The Labute approximate surface area is 183 Å². The van der Waals surface area contributed by atoms with Gasteiger partial charge in [0, 0.05) is 6.54 Å². The molecule has 152 valence electrons. The number of terminal acetylenes is 1. The molecule has 2 aromatic carbocycles. The van der Waals surface area contributed by atoms with Gasteiger partial charge >= 0.3 is 5.97 Å². The predicted octanol–water partition coefficient (Wildman–Crippen LogP) is 4.67. The van der Waals surface area contributed by atoms with E-state index < -0.39 is 5.97 Å². The third kappa shape index (κ3) is 4.85. The summed E-state index contributed by atoms with van der Waals surface area (Å²) in [5.74, 6) is 1.63. The topological polar surface area (TPSA) is 79.2 Å². The van der Waals surface area contributed by atoms with Crippen molar-refractivity contribution in [3.8, 4) is 18.1 Å². The van der Waals surface area contributed by atoms with E-state index in [2.05, 4.69) is 10.9 Å². The quantitative estimate of drug-likeness (QED) is 0.521. The summed E-state index contributed by atoms with van der Waals surface area (Å²) in [4.78, 5) is 30.5. The van der Waals surface area contributed by atoms with E-state index in [0.717, 1.165) is 5.56 Å². The van der Waals surface area contributed by atoms with Gasteiger partial charge < -0.3 is 9.84 Å². The highest BCUT2D eigenvalue weighted by atomic mass is 35.5. The number of ether oxygens (including phenoxy) is 1. The second-order valence-corrected chi connectivity index (χ2v) is 7.51. The van der Waals surface area contributed by atoms with Crippen molar-refractivity contribution >= 4 is 52.2 Å². The van der Waals surface area contributed by atoms with E-state index in [-0.39, 0.29) is 18.1 Å². The van der Waals surface area contributed by atoms with E-state index in [1.807, 2.05) is 6.92 Å². The first-order valence-corrected chi connectivity index (χ1v) is 10.1. The lowest BCUT2D eigenvalue weighted by Gasteiger charge is -2.12. The molecule has 0 radical (unpaired) electrons. The maximum atomic E-state index is 12.8. The van der Waals surface area contributed by atoms with Gasteiger partial charge in [-0.25, -0.2) is 9.79 Å². The van der Waals surface area contributed by atoms with Crippen molar-refractivity contribution in [1.82, 2.24) is 4.90 Å².